The molecule has 1 saturated heterocycles. The second-order valence-corrected chi connectivity index (χ2v) is 6.90. The number of aromatic nitrogens is 3. The third-order valence-corrected chi connectivity index (χ3v) is 4.91. The molecule has 2 heterocycles. The van der Waals surface area contributed by atoms with Crippen LogP contribution in [0.2, 0.25) is 0 Å². The minimum atomic E-state index is 0.182. The van der Waals surface area contributed by atoms with Gasteiger partial charge in [0.2, 0.25) is 5.91 Å². The first-order chi connectivity index (χ1) is 12.7. The molecule has 2 aromatic carbocycles. The molecule has 5 nitrogen and oxygen atoms in total. The first-order valence-electron chi connectivity index (χ1n) is 8.99. The summed E-state index contributed by atoms with van der Waals surface area (Å²) in [7, 11) is 0. The molecule has 0 saturated carbocycles. The fraction of sp³-hybridized carbons (Fsp3) is 0.286. The summed E-state index contributed by atoms with van der Waals surface area (Å²) in [5, 5.41) is 8.58. The molecule has 3 aromatic rings. The van der Waals surface area contributed by atoms with Crippen molar-refractivity contribution in [2.75, 3.05) is 13.1 Å². The Morgan fingerprint density at radius 2 is 2.00 bits per heavy atom. The zero-order valence-electron chi connectivity index (χ0n) is 14.9. The number of amides is 1. The van der Waals surface area contributed by atoms with Crippen LogP contribution in [0.5, 0.6) is 0 Å². The quantitative estimate of drug-likeness (QED) is 0.728. The summed E-state index contributed by atoms with van der Waals surface area (Å²) in [5.74, 6) is 0.182. The molecule has 0 N–H and O–H groups in total. The van der Waals surface area contributed by atoms with Crippen molar-refractivity contribution >= 4 is 5.91 Å². The van der Waals surface area contributed by atoms with Gasteiger partial charge in [-0.2, -0.15) is 0 Å². The Hall–Kier alpha value is -2.95. The molecule has 5 heteroatoms. The summed E-state index contributed by atoms with van der Waals surface area (Å²) in [5.41, 5.74) is 4.19. The summed E-state index contributed by atoms with van der Waals surface area (Å²) in [6, 6.07) is 18.4. The molecule has 4 rings (SSSR count). The Bertz CT molecular complexity index is 903. The highest BCUT2D eigenvalue weighted by Gasteiger charge is 2.28. The van der Waals surface area contributed by atoms with Crippen molar-refractivity contribution in [3.63, 3.8) is 0 Å². The van der Waals surface area contributed by atoms with Gasteiger partial charge in [-0.3, -0.25) is 4.79 Å². The van der Waals surface area contributed by atoms with E-state index >= 15 is 0 Å². The van der Waals surface area contributed by atoms with Crippen molar-refractivity contribution in [1.82, 2.24) is 19.9 Å². The van der Waals surface area contributed by atoms with Gasteiger partial charge in [0.15, 0.2) is 0 Å². The molecule has 0 aliphatic carbocycles. The van der Waals surface area contributed by atoms with E-state index in [1.54, 1.807) is 0 Å². The molecular formula is C21H22N4O. The lowest BCUT2D eigenvalue weighted by molar-refractivity contribution is -0.129. The van der Waals surface area contributed by atoms with Gasteiger partial charge in [0.25, 0.3) is 0 Å². The summed E-state index contributed by atoms with van der Waals surface area (Å²) in [6.07, 6.45) is 3.35. The van der Waals surface area contributed by atoms with Crippen LogP contribution in [0.25, 0.3) is 11.3 Å². The minimum Gasteiger partial charge on any atom is -0.340 e. The van der Waals surface area contributed by atoms with E-state index in [0.29, 0.717) is 13.0 Å². The lowest BCUT2D eigenvalue weighted by Gasteiger charge is -2.16. The van der Waals surface area contributed by atoms with Gasteiger partial charge in [-0.15, -0.1) is 5.10 Å². The van der Waals surface area contributed by atoms with Crippen LogP contribution < -0.4 is 0 Å². The Morgan fingerprint density at radius 1 is 1.15 bits per heavy atom. The second-order valence-electron chi connectivity index (χ2n) is 6.90. The normalized spacial score (nSPS) is 16.8. The molecular weight excluding hydrogens is 324 g/mol. The van der Waals surface area contributed by atoms with Crippen LogP contribution in [0.1, 0.15) is 23.6 Å². The van der Waals surface area contributed by atoms with Gasteiger partial charge in [-0.1, -0.05) is 65.4 Å². The second kappa shape index (κ2) is 7.12. The highest BCUT2D eigenvalue weighted by atomic mass is 16.2. The summed E-state index contributed by atoms with van der Waals surface area (Å²) < 4.78 is 1.91. The number of hydrogen-bond donors (Lipinski definition) is 0. The highest BCUT2D eigenvalue weighted by Crippen LogP contribution is 2.24. The Labute approximate surface area is 153 Å². The number of carbonyl (C=O) groups is 1. The van der Waals surface area contributed by atoms with Crippen LogP contribution in [0.15, 0.2) is 60.8 Å². The fourth-order valence-electron chi connectivity index (χ4n) is 3.49. The maximum atomic E-state index is 12.6. The van der Waals surface area contributed by atoms with Gasteiger partial charge in [0, 0.05) is 18.7 Å². The zero-order chi connectivity index (χ0) is 17.9. The molecule has 26 heavy (non-hydrogen) atoms. The van der Waals surface area contributed by atoms with E-state index in [4.69, 9.17) is 0 Å². The molecule has 132 valence electrons. The van der Waals surface area contributed by atoms with E-state index < -0.39 is 0 Å². The van der Waals surface area contributed by atoms with Gasteiger partial charge in [0.1, 0.15) is 5.69 Å². The van der Waals surface area contributed by atoms with E-state index in [1.807, 2.05) is 58.2 Å². The van der Waals surface area contributed by atoms with Gasteiger partial charge < -0.3 is 4.90 Å². The number of hydrogen-bond acceptors (Lipinski definition) is 3. The van der Waals surface area contributed by atoms with Crippen LogP contribution in [0.3, 0.4) is 0 Å². The molecule has 1 amide bonds. The summed E-state index contributed by atoms with van der Waals surface area (Å²) in [4.78, 5) is 14.6. The molecule has 1 fully saturated rings. The van der Waals surface area contributed by atoms with Crippen LogP contribution in [0, 0.1) is 6.92 Å². The smallest absolute Gasteiger partial charge is 0.227 e. The van der Waals surface area contributed by atoms with Gasteiger partial charge in [0.05, 0.1) is 18.7 Å². The van der Waals surface area contributed by atoms with Crippen molar-refractivity contribution in [2.45, 2.75) is 25.8 Å². The van der Waals surface area contributed by atoms with Crippen molar-refractivity contribution in [2.24, 2.45) is 0 Å². The number of rotatable bonds is 4. The molecule has 0 spiro atoms. The Kier molecular flexibility index (Phi) is 4.52. The fourth-order valence-corrected chi connectivity index (χ4v) is 3.49. The molecule has 1 unspecified atom stereocenters. The molecule has 1 atom stereocenters. The van der Waals surface area contributed by atoms with E-state index in [-0.39, 0.29) is 11.9 Å². The maximum absolute atomic E-state index is 12.6. The average molecular weight is 346 g/mol. The largest absolute Gasteiger partial charge is 0.340 e. The lowest BCUT2D eigenvalue weighted by Crippen LogP contribution is -2.30. The molecule has 0 radical (unpaired) electrons. The van der Waals surface area contributed by atoms with Crippen molar-refractivity contribution in [1.29, 1.82) is 0 Å². The SMILES string of the molecule is Cc1cccc(CC(=O)N2CCC(n3cc(-c4ccccc4)nn3)C2)c1. The van der Waals surface area contributed by atoms with Crippen LogP contribution >= 0.6 is 0 Å². The Morgan fingerprint density at radius 3 is 2.81 bits per heavy atom. The van der Waals surface area contributed by atoms with E-state index in [0.717, 1.165) is 29.8 Å². The summed E-state index contributed by atoms with van der Waals surface area (Å²) >= 11 is 0. The summed E-state index contributed by atoms with van der Waals surface area (Å²) in [6.45, 7) is 3.52. The maximum Gasteiger partial charge on any atom is 0.227 e. The highest BCUT2D eigenvalue weighted by molar-refractivity contribution is 5.79. The van der Waals surface area contributed by atoms with Crippen molar-refractivity contribution < 1.29 is 4.79 Å². The first-order valence-corrected chi connectivity index (χ1v) is 8.99. The number of nitrogens with zero attached hydrogens (tertiary/aromatic N) is 4. The van der Waals surface area contributed by atoms with Crippen LogP contribution in [-0.2, 0) is 11.2 Å². The average Bonchev–Trinajstić information content (AvgIpc) is 3.32. The predicted octanol–water partition coefficient (Wildman–Crippen LogP) is 3.27. The molecule has 1 aliphatic heterocycles. The number of aryl methyl sites for hydroxylation is 1. The topological polar surface area (TPSA) is 51.0 Å². The monoisotopic (exact) mass is 346 g/mol. The molecule has 1 aliphatic rings. The number of benzene rings is 2. The van der Waals surface area contributed by atoms with Crippen molar-refractivity contribution in [3.8, 4) is 11.3 Å². The standard InChI is InChI=1S/C21H22N4O/c1-16-6-5-7-17(12-16)13-21(26)24-11-10-19(14-24)25-15-20(22-23-25)18-8-3-2-4-9-18/h2-9,12,15,19H,10-11,13-14H2,1H3. The lowest BCUT2D eigenvalue weighted by atomic mass is 10.1. The van der Waals surface area contributed by atoms with Gasteiger partial charge in [-0.05, 0) is 18.9 Å². The molecule has 0 bridgehead atoms. The first kappa shape index (κ1) is 16.5. The van der Waals surface area contributed by atoms with Crippen LogP contribution in [0.4, 0.5) is 0 Å². The third kappa shape index (κ3) is 3.52. The number of carbonyl (C=O) groups excluding carboxylic acids is 1. The number of likely N-dealkylation sites (tertiary alicyclic amines) is 1. The van der Waals surface area contributed by atoms with E-state index in [9.17, 15) is 4.79 Å². The minimum absolute atomic E-state index is 0.182. The van der Waals surface area contributed by atoms with E-state index in [2.05, 4.69) is 29.4 Å². The van der Waals surface area contributed by atoms with Gasteiger partial charge in [-0.25, -0.2) is 4.68 Å². The Balaban J connectivity index is 1.41. The third-order valence-electron chi connectivity index (χ3n) is 4.91. The van der Waals surface area contributed by atoms with Crippen LogP contribution in [-0.4, -0.2) is 38.9 Å². The zero-order valence-corrected chi connectivity index (χ0v) is 14.9. The molecule has 1 aromatic heterocycles. The van der Waals surface area contributed by atoms with E-state index in [1.165, 1.54) is 5.56 Å². The predicted molar refractivity (Wildman–Crippen MR) is 101 cm³/mol. The van der Waals surface area contributed by atoms with Gasteiger partial charge >= 0.3 is 0 Å². The van der Waals surface area contributed by atoms with Crippen molar-refractivity contribution in [3.05, 3.63) is 71.9 Å².